The van der Waals surface area contributed by atoms with Crippen molar-refractivity contribution in [1.82, 2.24) is 4.98 Å². The molecule has 0 aliphatic carbocycles. The average Bonchev–Trinajstić information content (AvgIpc) is 2.30. The fourth-order valence-corrected chi connectivity index (χ4v) is 2.16. The van der Waals surface area contributed by atoms with Gasteiger partial charge in [0.1, 0.15) is 5.82 Å². The van der Waals surface area contributed by atoms with E-state index in [-0.39, 0.29) is 0 Å². The molecule has 2 heterocycles. The number of anilines is 2. The SMILES string of the molecule is CC1CCCCN1c1ccnc(NN)c1. The molecule has 0 aromatic carbocycles. The van der Waals surface area contributed by atoms with E-state index < -0.39 is 0 Å². The number of nitrogens with two attached hydrogens (primary N) is 1. The predicted octanol–water partition coefficient (Wildman–Crippen LogP) is 1.75. The van der Waals surface area contributed by atoms with Crippen LogP contribution in [0.25, 0.3) is 0 Å². The Kier molecular flexibility index (Phi) is 3.06. The first-order valence-electron chi connectivity index (χ1n) is 5.50. The van der Waals surface area contributed by atoms with E-state index in [1.54, 1.807) is 6.20 Å². The van der Waals surface area contributed by atoms with Gasteiger partial charge in [0, 0.05) is 30.5 Å². The Morgan fingerprint density at radius 1 is 1.53 bits per heavy atom. The lowest BCUT2D eigenvalue weighted by Crippen LogP contribution is -2.37. The van der Waals surface area contributed by atoms with Gasteiger partial charge in [0.05, 0.1) is 0 Å². The van der Waals surface area contributed by atoms with Crippen LogP contribution in [0.3, 0.4) is 0 Å². The van der Waals surface area contributed by atoms with Gasteiger partial charge in [0.15, 0.2) is 0 Å². The lowest BCUT2D eigenvalue weighted by Gasteiger charge is -2.35. The molecule has 0 amide bonds. The summed E-state index contributed by atoms with van der Waals surface area (Å²) in [6, 6.07) is 4.66. The molecule has 0 bridgehead atoms. The van der Waals surface area contributed by atoms with Crippen LogP contribution in [0, 0.1) is 0 Å². The minimum absolute atomic E-state index is 0.617. The van der Waals surface area contributed by atoms with Gasteiger partial charge in [-0.3, -0.25) is 0 Å². The van der Waals surface area contributed by atoms with Gasteiger partial charge in [-0.05, 0) is 32.3 Å². The van der Waals surface area contributed by atoms with Crippen molar-refractivity contribution in [3.63, 3.8) is 0 Å². The molecule has 3 N–H and O–H groups in total. The van der Waals surface area contributed by atoms with Crippen LogP contribution in [0.1, 0.15) is 26.2 Å². The summed E-state index contributed by atoms with van der Waals surface area (Å²) >= 11 is 0. The lowest BCUT2D eigenvalue weighted by atomic mass is 10.0. The Hall–Kier alpha value is -1.29. The minimum Gasteiger partial charge on any atom is -0.369 e. The van der Waals surface area contributed by atoms with Crippen molar-refractivity contribution in [2.24, 2.45) is 5.84 Å². The molecule has 1 atom stereocenters. The quantitative estimate of drug-likeness (QED) is 0.571. The summed E-state index contributed by atoms with van der Waals surface area (Å²) in [5.41, 5.74) is 3.80. The van der Waals surface area contributed by atoms with E-state index in [9.17, 15) is 0 Å². The summed E-state index contributed by atoms with van der Waals surface area (Å²) in [6.07, 6.45) is 5.68. The fourth-order valence-electron chi connectivity index (χ4n) is 2.16. The van der Waals surface area contributed by atoms with Gasteiger partial charge in [-0.25, -0.2) is 10.8 Å². The number of rotatable bonds is 2. The predicted molar refractivity (Wildman–Crippen MR) is 62.7 cm³/mol. The second-order valence-electron chi connectivity index (χ2n) is 4.08. The molecule has 82 valence electrons. The summed E-state index contributed by atoms with van der Waals surface area (Å²) in [6.45, 7) is 3.41. The van der Waals surface area contributed by atoms with E-state index in [0.29, 0.717) is 6.04 Å². The molecule has 0 saturated carbocycles. The Morgan fingerprint density at radius 2 is 2.40 bits per heavy atom. The Bertz CT molecular complexity index is 326. The van der Waals surface area contributed by atoms with Crippen LogP contribution in [0.4, 0.5) is 11.5 Å². The van der Waals surface area contributed by atoms with Gasteiger partial charge in [-0.1, -0.05) is 0 Å². The topological polar surface area (TPSA) is 54.2 Å². The van der Waals surface area contributed by atoms with E-state index >= 15 is 0 Å². The van der Waals surface area contributed by atoms with Gasteiger partial charge < -0.3 is 10.3 Å². The highest BCUT2D eigenvalue weighted by molar-refractivity contribution is 5.54. The van der Waals surface area contributed by atoms with Crippen molar-refractivity contribution < 1.29 is 0 Å². The van der Waals surface area contributed by atoms with Crippen molar-refractivity contribution in [3.05, 3.63) is 18.3 Å². The largest absolute Gasteiger partial charge is 0.369 e. The van der Waals surface area contributed by atoms with Gasteiger partial charge in [-0.15, -0.1) is 0 Å². The molecule has 0 spiro atoms. The smallest absolute Gasteiger partial charge is 0.141 e. The molecule has 4 heteroatoms. The molecule has 1 unspecified atom stereocenters. The fraction of sp³-hybridized carbons (Fsp3) is 0.545. The van der Waals surface area contributed by atoms with Crippen LogP contribution < -0.4 is 16.2 Å². The van der Waals surface area contributed by atoms with Gasteiger partial charge in [-0.2, -0.15) is 0 Å². The molecule has 1 aromatic rings. The molecule has 1 saturated heterocycles. The number of hydrogen-bond donors (Lipinski definition) is 2. The molecule has 1 aliphatic heterocycles. The van der Waals surface area contributed by atoms with Crippen LogP contribution in [0.2, 0.25) is 0 Å². The number of hydrogen-bond acceptors (Lipinski definition) is 4. The maximum atomic E-state index is 5.35. The Balaban J connectivity index is 2.19. The number of nitrogen functional groups attached to an aromatic ring is 1. The molecule has 1 aromatic heterocycles. The van der Waals surface area contributed by atoms with Gasteiger partial charge >= 0.3 is 0 Å². The van der Waals surface area contributed by atoms with Crippen molar-refractivity contribution in [3.8, 4) is 0 Å². The van der Waals surface area contributed by atoms with Crippen LogP contribution >= 0.6 is 0 Å². The molecule has 1 fully saturated rings. The minimum atomic E-state index is 0.617. The maximum Gasteiger partial charge on any atom is 0.141 e. The number of nitrogens with one attached hydrogen (secondary N) is 1. The number of piperidine rings is 1. The van der Waals surface area contributed by atoms with Crippen molar-refractivity contribution >= 4 is 11.5 Å². The first-order valence-corrected chi connectivity index (χ1v) is 5.50. The molecule has 1 aliphatic rings. The molecular weight excluding hydrogens is 188 g/mol. The first-order chi connectivity index (χ1) is 7.31. The second-order valence-corrected chi connectivity index (χ2v) is 4.08. The van der Waals surface area contributed by atoms with Crippen molar-refractivity contribution in [1.29, 1.82) is 0 Å². The van der Waals surface area contributed by atoms with Crippen LogP contribution in [-0.4, -0.2) is 17.6 Å². The summed E-state index contributed by atoms with van der Waals surface area (Å²) in [4.78, 5) is 6.54. The monoisotopic (exact) mass is 206 g/mol. The van der Waals surface area contributed by atoms with Crippen LogP contribution in [0.15, 0.2) is 18.3 Å². The molecule has 4 nitrogen and oxygen atoms in total. The normalized spacial score (nSPS) is 21.5. The number of hydrazine groups is 1. The average molecular weight is 206 g/mol. The molecule has 15 heavy (non-hydrogen) atoms. The summed E-state index contributed by atoms with van der Waals surface area (Å²) in [7, 11) is 0. The van der Waals surface area contributed by atoms with Crippen LogP contribution in [0.5, 0.6) is 0 Å². The standard InChI is InChI=1S/C11H18N4/c1-9-4-2-3-7-15(9)10-5-6-13-11(8-10)14-12/h5-6,8-9H,2-4,7,12H2,1H3,(H,13,14). The maximum absolute atomic E-state index is 5.35. The highest BCUT2D eigenvalue weighted by Gasteiger charge is 2.18. The summed E-state index contributed by atoms with van der Waals surface area (Å²) < 4.78 is 0. The van der Waals surface area contributed by atoms with E-state index in [1.807, 2.05) is 12.1 Å². The Morgan fingerprint density at radius 3 is 3.13 bits per heavy atom. The third-order valence-corrected chi connectivity index (χ3v) is 3.03. The zero-order chi connectivity index (χ0) is 10.7. The van der Waals surface area contributed by atoms with Crippen LogP contribution in [-0.2, 0) is 0 Å². The number of pyridine rings is 1. The first kappa shape index (κ1) is 10.2. The van der Waals surface area contributed by atoms with Gasteiger partial charge in [0.2, 0.25) is 0 Å². The van der Waals surface area contributed by atoms with Crippen molar-refractivity contribution in [2.45, 2.75) is 32.2 Å². The van der Waals surface area contributed by atoms with Crippen molar-refractivity contribution in [2.75, 3.05) is 16.9 Å². The molecule has 2 rings (SSSR count). The Labute approximate surface area is 90.5 Å². The highest BCUT2D eigenvalue weighted by atomic mass is 15.3. The van der Waals surface area contributed by atoms with E-state index in [0.717, 1.165) is 12.4 Å². The second kappa shape index (κ2) is 4.49. The zero-order valence-corrected chi connectivity index (χ0v) is 9.11. The molecule has 0 radical (unpaired) electrons. The van der Waals surface area contributed by atoms with Gasteiger partial charge in [0.25, 0.3) is 0 Å². The highest BCUT2D eigenvalue weighted by Crippen LogP contribution is 2.25. The van der Waals surface area contributed by atoms with E-state index in [1.165, 1.54) is 24.9 Å². The van der Waals surface area contributed by atoms with E-state index in [2.05, 4.69) is 22.2 Å². The summed E-state index contributed by atoms with van der Waals surface area (Å²) in [5.74, 6) is 6.08. The molecular formula is C11H18N4. The number of aromatic nitrogens is 1. The summed E-state index contributed by atoms with van der Waals surface area (Å²) in [5, 5.41) is 0. The third kappa shape index (κ3) is 2.21. The lowest BCUT2D eigenvalue weighted by molar-refractivity contribution is 0.485. The zero-order valence-electron chi connectivity index (χ0n) is 9.11. The van der Waals surface area contributed by atoms with E-state index in [4.69, 9.17) is 5.84 Å². The third-order valence-electron chi connectivity index (χ3n) is 3.03. The number of nitrogens with zero attached hydrogens (tertiary/aromatic N) is 2.